The zero-order valence-electron chi connectivity index (χ0n) is 23.2. The molecule has 1 N–H and O–H groups in total. The summed E-state index contributed by atoms with van der Waals surface area (Å²) in [6.07, 6.45) is 1.77. The minimum atomic E-state index is -3.85. The Morgan fingerprint density at radius 2 is 1.57 bits per heavy atom. The van der Waals surface area contributed by atoms with Crippen LogP contribution in [0.5, 0.6) is 5.75 Å². The number of carbonyl (C=O) groups excluding carboxylic acids is 2. The Labute approximate surface area is 241 Å². The Balaban J connectivity index is 1.83. The summed E-state index contributed by atoms with van der Waals surface area (Å²) >= 11 is 6.36. The van der Waals surface area contributed by atoms with Gasteiger partial charge in [-0.25, -0.2) is 8.42 Å². The number of sulfonamides is 1. The van der Waals surface area contributed by atoms with Gasteiger partial charge in [-0.1, -0.05) is 67.1 Å². The number of amides is 2. The van der Waals surface area contributed by atoms with Gasteiger partial charge < -0.3 is 15.0 Å². The highest BCUT2D eigenvalue weighted by molar-refractivity contribution is 7.92. The van der Waals surface area contributed by atoms with Gasteiger partial charge in [0.2, 0.25) is 21.8 Å². The summed E-state index contributed by atoms with van der Waals surface area (Å²) in [7, 11) is -3.85. The summed E-state index contributed by atoms with van der Waals surface area (Å²) in [4.78, 5) is 28.0. The number of carbonyl (C=O) groups is 2. The van der Waals surface area contributed by atoms with E-state index >= 15 is 0 Å². The number of rotatable bonds is 13. The molecule has 0 aliphatic rings. The molecule has 3 aromatic rings. The number of ether oxygens (including phenoxy) is 1. The molecule has 0 aromatic heterocycles. The minimum Gasteiger partial charge on any atom is -0.489 e. The molecule has 0 saturated carbocycles. The summed E-state index contributed by atoms with van der Waals surface area (Å²) in [6, 6.07) is 22.2. The van der Waals surface area contributed by atoms with E-state index < -0.39 is 28.5 Å². The van der Waals surface area contributed by atoms with Crippen LogP contribution in [0.3, 0.4) is 0 Å². The summed E-state index contributed by atoms with van der Waals surface area (Å²) in [6.45, 7) is 5.36. The molecule has 0 aliphatic carbocycles. The van der Waals surface area contributed by atoms with Gasteiger partial charge >= 0.3 is 0 Å². The fraction of sp³-hybridized carbons (Fsp3) is 0.333. The molecule has 40 heavy (non-hydrogen) atoms. The van der Waals surface area contributed by atoms with Crippen LogP contribution in [0.15, 0.2) is 78.9 Å². The Hall–Kier alpha value is -3.56. The van der Waals surface area contributed by atoms with E-state index in [4.69, 9.17) is 16.3 Å². The summed E-state index contributed by atoms with van der Waals surface area (Å²) in [5.41, 5.74) is 1.95. The second-order valence-corrected chi connectivity index (χ2v) is 12.0. The third-order valence-electron chi connectivity index (χ3n) is 6.52. The van der Waals surface area contributed by atoms with Crippen LogP contribution in [0.4, 0.5) is 5.69 Å². The highest BCUT2D eigenvalue weighted by Crippen LogP contribution is 2.24. The molecule has 2 atom stereocenters. The van der Waals surface area contributed by atoms with Crippen molar-refractivity contribution in [2.45, 2.75) is 52.4 Å². The largest absolute Gasteiger partial charge is 0.489 e. The quantitative estimate of drug-likeness (QED) is 0.304. The van der Waals surface area contributed by atoms with Gasteiger partial charge in [-0.15, -0.1) is 0 Å². The number of nitrogens with one attached hydrogen (secondary N) is 1. The fourth-order valence-corrected chi connectivity index (χ4v) is 4.97. The molecule has 0 bridgehead atoms. The maximum Gasteiger partial charge on any atom is 0.244 e. The van der Waals surface area contributed by atoms with E-state index in [9.17, 15) is 18.0 Å². The first-order valence-electron chi connectivity index (χ1n) is 13.1. The maximum absolute atomic E-state index is 13.7. The molecule has 0 aliphatic heterocycles. The summed E-state index contributed by atoms with van der Waals surface area (Å²) in [5.74, 6) is -0.315. The van der Waals surface area contributed by atoms with Crippen molar-refractivity contribution in [3.8, 4) is 5.75 Å². The number of anilines is 1. The third-order valence-corrected chi connectivity index (χ3v) is 8.03. The van der Waals surface area contributed by atoms with Crippen LogP contribution < -0.4 is 14.4 Å². The van der Waals surface area contributed by atoms with Gasteiger partial charge in [0, 0.05) is 17.6 Å². The molecule has 2 amide bonds. The van der Waals surface area contributed by atoms with Crippen molar-refractivity contribution in [1.82, 2.24) is 10.2 Å². The number of hydrogen-bond donors (Lipinski definition) is 1. The topological polar surface area (TPSA) is 96.0 Å². The van der Waals surface area contributed by atoms with Gasteiger partial charge in [0.1, 0.15) is 24.9 Å². The van der Waals surface area contributed by atoms with E-state index in [1.165, 1.54) is 4.90 Å². The zero-order chi connectivity index (χ0) is 29.3. The Morgan fingerprint density at radius 1 is 0.950 bits per heavy atom. The Kier molecular flexibility index (Phi) is 11.0. The number of nitrogens with zero attached hydrogens (tertiary/aromatic N) is 2. The molecule has 0 fully saturated rings. The molecular formula is C30H36ClN3O5S. The van der Waals surface area contributed by atoms with Crippen molar-refractivity contribution in [3.63, 3.8) is 0 Å². The van der Waals surface area contributed by atoms with E-state index in [-0.39, 0.29) is 18.5 Å². The highest BCUT2D eigenvalue weighted by atomic mass is 35.5. The first kappa shape index (κ1) is 31.0. The lowest BCUT2D eigenvalue weighted by Crippen LogP contribution is -2.52. The normalized spacial score (nSPS) is 12.7. The SMILES string of the molecule is CC[C@H](C)NC(=O)[C@H](C)N(Cc1ccccc1Cl)C(=O)CN(c1ccc(OCc2ccccc2)cc1)S(C)(=O)=O. The summed E-state index contributed by atoms with van der Waals surface area (Å²) < 4.78 is 32.5. The molecule has 3 rings (SSSR count). The molecular weight excluding hydrogens is 550 g/mol. The van der Waals surface area contributed by atoms with Crippen LogP contribution in [0.1, 0.15) is 38.3 Å². The standard InChI is InChI=1S/C30H36ClN3O5S/c1-5-22(2)32-30(36)23(3)33(19-25-13-9-10-14-28(25)31)29(35)20-34(40(4,37)38)26-15-17-27(18-16-26)39-21-24-11-7-6-8-12-24/h6-18,22-23H,5,19-21H2,1-4H3,(H,32,36)/t22-,23-/m0/s1. The molecule has 3 aromatic carbocycles. The van der Waals surface area contributed by atoms with Crippen molar-refractivity contribution in [2.75, 3.05) is 17.1 Å². The van der Waals surface area contributed by atoms with E-state index in [2.05, 4.69) is 5.32 Å². The molecule has 0 unspecified atom stereocenters. The van der Waals surface area contributed by atoms with Crippen LogP contribution in [0.25, 0.3) is 0 Å². The van der Waals surface area contributed by atoms with E-state index in [0.717, 1.165) is 22.5 Å². The smallest absolute Gasteiger partial charge is 0.244 e. The second-order valence-electron chi connectivity index (χ2n) is 9.64. The van der Waals surface area contributed by atoms with Gasteiger partial charge in [0.25, 0.3) is 0 Å². The van der Waals surface area contributed by atoms with Crippen molar-refractivity contribution >= 4 is 39.1 Å². The Morgan fingerprint density at radius 3 is 2.17 bits per heavy atom. The maximum atomic E-state index is 13.7. The molecule has 10 heteroatoms. The van der Waals surface area contributed by atoms with Crippen LogP contribution in [0, 0.1) is 0 Å². The average Bonchev–Trinajstić information content (AvgIpc) is 2.94. The van der Waals surface area contributed by atoms with E-state index in [1.807, 2.05) is 44.2 Å². The third kappa shape index (κ3) is 8.72. The molecule has 0 saturated heterocycles. The number of hydrogen-bond acceptors (Lipinski definition) is 5. The Bertz CT molecular complexity index is 1380. The lowest BCUT2D eigenvalue weighted by molar-refractivity contribution is -0.139. The van der Waals surface area contributed by atoms with Crippen molar-refractivity contribution in [2.24, 2.45) is 0 Å². The van der Waals surface area contributed by atoms with Gasteiger partial charge in [0.05, 0.1) is 11.9 Å². The fourth-order valence-electron chi connectivity index (χ4n) is 3.92. The van der Waals surface area contributed by atoms with Crippen LogP contribution in [0.2, 0.25) is 5.02 Å². The van der Waals surface area contributed by atoms with Gasteiger partial charge in [0.15, 0.2) is 0 Å². The van der Waals surface area contributed by atoms with Crippen LogP contribution in [-0.2, 0) is 32.8 Å². The van der Waals surface area contributed by atoms with E-state index in [0.29, 0.717) is 28.6 Å². The predicted octanol–water partition coefficient (Wildman–Crippen LogP) is 5.02. The second kappa shape index (κ2) is 14.2. The van der Waals surface area contributed by atoms with Gasteiger partial charge in [-0.2, -0.15) is 0 Å². The lowest BCUT2D eigenvalue weighted by Gasteiger charge is -2.32. The van der Waals surface area contributed by atoms with E-state index in [1.54, 1.807) is 55.5 Å². The van der Waals surface area contributed by atoms with Crippen molar-refractivity contribution in [1.29, 1.82) is 0 Å². The zero-order valence-corrected chi connectivity index (χ0v) is 24.8. The van der Waals surface area contributed by atoms with Gasteiger partial charge in [-0.3, -0.25) is 13.9 Å². The van der Waals surface area contributed by atoms with Crippen LogP contribution in [-0.4, -0.2) is 50.0 Å². The lowest BCUT2D eigenvalue weighted by atomic mass is 10.1. The molecule has 0 heterocycles. The minimum absolute atomic E-state index is 0.0392. The average molecular weight is 586 g/mol. The van der Waals surface area contributed by atoms with Gasteiger partial charge in [-0.05, 0) is 61.7 Å². The van der Waals surface area contributed by atoms with Crippen LogP contribution >= 0.6 is 11.6 Å². The molecule has 0 radical (unpaired) electrons. The monoisotopic (exact) mass is 585 g/mol. The van der Waals surface area contributed by atoms with Crippen molar-refractivity contribution in [3.05, 3.63) is 95.0 Å². The first-order chi connectivity index (χ1) is 19.0. The molecule has 0 spiro atoms. The highest BCUT2D eigenvalue weighted by Gasteiger charge is 2.30. The predicted molar refractivity (Wildman–Crippen MR) is 159 cm³/mol. The number of benzene rings is 3. The molecule has 8 nitrogen and oxygen atoms in total. The van der Waals surface area contributed by atoms with Crippen molar-refractivity contribution < 1.29 is 22.7 Å². The first-order valence-corrected chi connectivity index (χ1v) is 15.3. The summed E-state index contributed by atoms with van der Waals surface area (Å²) in [5, 5.41) is 3.34. The molecule has 214 valence electrons. The number of halogens is 1.